The Hall–Kier alpha value is -2.48. The number of morpholine rings is 1. The number of aldehydes is 1. The molecule has 1 aliphatic heterocycles. The normalized spacial score (nSPS) is 25.4. The molecular weight excluding hydrogens is 380 g/mol. The molecule has 1 saturated heterocycles. The maximum atomic E-state index is 11.7. The molecule has 3 fully saturated rings. The zero-order valence-corrected chi connectivity index (χ0v) is 17.5. The van der Waals surface area contributed by atoms with E-state index < -0.39 is 0 Å². The number of nitrogens with zero attached hydrogens (tertiary/aromatic N) is 5. The van der Waals surface area contributed by atoms with Crippen LogP contribution in [-0.4, -0.2) is 45.2 Å². The van der Waals surface area contributed by atoms with Gasteiger partial charge >= 0.3 is 0 Å². The zero-order chi connectivity index (χ0) is 20.7. The van der Waals surface area contributed by atoms with E-state index in [9.17, 15) is 4.79 Å². The number of carbonyl (C=O) groups is 1. The Labute approximate surface area is 176 Å². The molecule has 160 valence electrons. The predicted octanol–water partition coefficient (Wildman–Crippen LogP) is 3.42. The highest BCUT2D eigenvalue weighted by Gasteiger charge is 2.32. The summed E-state index contributed by atoms with van der Waals surface area (Å²) in [6.45, 7) is 3.40. The van der Waals surface area contributed by atoms with Gasteiger partial charge in [-0.1, -0.05) is 19.3 Å². The molecule has 2 atom stereocenters. The molecule has 2 aromatic heterocycles. The minimum absolute atomic E-state index is 0.0294. The first-order valence-corrected chi connectivity index (χ1v) is 11.2. The summed E-state index contributed by atoms with van der Waals surface area (Å²) in [4.78, 5) is 23.3. The Bertz CT molecular complexity index is 918. The number of aromatic nitrogens is 4. The van der Waals surface area contributed by atoms with Crippen LogP contribution >= 0.6 is 0 Å². The van der Waals surface area contributed by atoms with E-state index in [1.54, 1.807) is 0 Å². The molecule has 5 rings (SSSR count). The predicted molar refractivity (Wildman–Crippen MR) is 114 cm³/mol. The molecule has 0 bridgehead atoms. The van der Waals surface area contributed by atoms with E-state index in [-0.39, 0.29) is 23.9 Å². The van der Waals surface area contributed by atoms with Crippen molar-refractivity contribution in [1.29, 1.82) is 0 Å². The van der Waals surface area contributed by atoms with Crippen molar-refractivity contribution in [3.8, 4) is 0 Å². The van der Waals surface area contributed by atoms with Crippen molar-refractivity contribution in [2.45, 2.75) is 76.0 Å². The van der Waals surface area contributed by atoms with Crippen molar-refractivity contribution in [3.63, 3.8) is 0 Å². The number of rotatable bonds is 5. The lowest BCUT2D eigenvalue weighted by atomic mass is 9.85. The summed E-state index contributed by atoms with van der Waals surface area (Å²) in [6, 6.07) is 0.549. The smallest absolute Gasteiger partial charge is 0.227 e. The highest BCUT2D eigenvalue weighted by molar-refractivity contribution is 5.84. The van der Waals surface area contributed by atoms with Gasteiger partial charge in [-0.25, -0.2) is 4.98 Å². The molecule has 2 saturated carbocycles. The second-order valence-electron chi connectivity index (χ2n) is 8.99. The zero-order valence-electron chi connectivity index (χ0n) is 17.5. The Morgan fingerprint density at radius 1 is 1.13 bits per heavy atom. The number of nitrogen functional groups attached to an aromatic ring is 1. The second kappa shape index (κ2) is 7.98. The van der Waals surface area contributed by atoms with Gasteiger partial charge in [0.15, 0.2) is 6.29 Å². The van der Waals surface area contributed by atoms with E-state index in [1.807, 2.05) is 6.20 Å². The maximum Gasteiger partial charge on any atom is 0.227 e. The van der Waals surface area contributed by atoms with Crippen LogP contribution in [0.2, 0.25) is 0 Å². The highest BCUT2D eigenvalue weighted by Crippen LogP contribution is 2.37. The van der Waals surface area contributed by atoms with Gasteiger partial charge < -0.3 is 15.4 Å². The SMILES string of the molecule is C[C@@H]1CN(c2nc(N)c(C=O)c(C3CCCCC3)n2)C[C@H](c2cnn(C3CC3)c2)O1. The van der Waals surface area contributed by atoms with Crippen LogP contribution < -0.4 is 10.6 Å². The molecule has 0 radical (unpaired) electrons. The van der Waals surface area contributed by atoms with E-state index in [4.69, 9.17) is 15.5 Å². The molecule has 0 aromatic carbocycles. The van der Waals surface area contributed by atoms with E-state index in [0.717, 1.165) is 30.4 Å². The van der Waals surface area contributed by atoms with Crippen molar-refractivity contribution in [2.75, 3.05) is 23.7 Å². The fourth-order valence-electron chi connectivity index (χ4n) is 4.80. The van der Waals surface area contributed by atoms with Crippen molar-refractivity contribution < 1.29 is 9.53 Å². The first-order valence-electron chi connectivity index (χ1n) is 11.2. The van der Waals surface area contributed by atoms with Crippen molar-refractivity contribution in [3.05, 3.63) is 29.2 Å². The van der Waals surface area contributed by atoms with Gasteiger partial charge in [0.05, 0.1) is 36.1 Å². The number of anilines is 2. The summed E-state index contributed by atoms with van der Waals surface area (Å²) < 4.78 is 8.27. The standard InChI is InChI=1S/C22H30N6O2/c1-14-10-27(12-19(30-14)16-9-24-28(11-16)17-7-8-17)22-25-20(15-5-3-2-4-6-15)18(13-29)21(23)26-22/h9,11,13-15,17,19H,2-8,10,12H2,1H3,(H2,23,25,26)/t14-,19-/m1/s1. The lowest BCUT2D eigenvalue weighted by Gasteiger charge is -2.37. The van der Waals surface area contributed by atoms with Crippen LogP contribution in [0.5, 0.6) is 0 Å². The number of carbonyl (C=O) groups excluding carboxylic acids is 1. The minimum atomic E-state index is -0.0880. The van der Waals surface area contributed by atoms with Gasteiger partial charge in [-0.15, -0.1) is 0 Å². The third-order valence-corrected chi connectivity index (χ3v) is 6.56. The number of ether oxygens (including phenoxy) is 1. The van der Waals surface area contributed by atoms with Gasteiger partial charge in [0.2, 0.25) is 5.95 Å². The van der Waals surface area contributed by atoms with Crippen LogP contribution in [0.4, 0.5) is 11.8 Å². The molecule has 8 nitrogen and oxygen atoms in total. The second-order valence-corrected chi connectivity index (χ2v) is 8.99. The number of nitrogens with two attached hydrogens (primary N) is 1. The van der Waals surface area contributed by atoms with Crippen LogP contribution in [0.3, 0.4) is 0 Å². The van der Waals surface area contributed by atoms with Crippen LogP contribution in [-0.2, 0) is 4.74 Å². The van der Waals surface area contributed by atoms with Crippen molar-refractivity contribution in [1.82, 2.24) is 19.7 Å². The molecule has 8 heteroatoms. The lowest BCUT2D eigenvalue weighted by Crippen LogP contribution is -2.44. The molecule has 0 spiro atoms. The van der Waals surface area contributed by atoms with Gasteiger partial charge in [-0.3, -0.25) is 9.48 Å². The molecule has 3 heterocycles. The van der Waals surface area contributed by atoms with Gasteiger partial charge in [-0.05, 0) is 32.6 Å². The monoisotopic (exact) mass is 410 g/mol. The summed E-state index contributed by atoms with van der Waals surface area (Å²) in [5.41, 5.74) is 8.59. The van der Waals surface area contributed by atoms with Gasteiger partial charge in [0.25, 0.3) is 0 Å². The topological polar surface area (TPSA) is 99.2 Å². The maximum absolute atomic E-state index is 11.7. The first kappa shape index (κ1) is 19.5. The first-order chi connectivity index (χ1) is 14.6. The van der Waals surface area contributed by atoms with E-state index in [1.165, 1.54) is 32.1 Å². The molecule has 3 aliphatic rings. The Balaban J connectivity index is 1.42. The van der Waals surface area contributed by atoms with Crippen molar-refractivity contribution in [2.24, 2.45) is 0 Å². The minimum Gasteiger partial charge on any atom is -0.383 e. The average Bonchev–Trinajstić information content (AvgIpc) is 3.49. The Kier molecular flexibility index (Phi) is 5.18. The van der Waals surface area contributed by atoms with Gasteiger partial charge in [-0.2, -0.15) is 10.1 Å². The van der Waals surface area contributed by atoms with E-state index in [0.29, 0.717) is 30.6 Å². The Morgan fingerprint density at radius 2 is 1.93 bits per heavy atom. The Morgan fingerprint density at radius 3 is 2.67 bits per heavy atom. The van der Waals surface area contributed by atoms with Crippen LogP contribution in [0, 0.1) is 0 Å². The largest absolute Gasteiger partial charge is 0.383 e. The molecule has 2 aliphatic carbocycles. The van der Waals surface area contributed by atoms with Gasteiger partial charge in [0, 0.05) is 24.2 Å². The molecule has 0 unspecified atom stereocenters. The summed E-state index contributed by atoms with van der Waals surface area (Å²) in [7, 11) is 0. The fraction of sp³-hybridized carbons (Fsp3) is 0.636. The number of hydrogen-bond acceptors (Lipinski definition) is 7. The average molecular weight is 411 g/mol. The third kappa shape index (κ3) is 3.80. The molecule has 30 heavy (non-hydrogen) atoms. The summed E-state index contributed by atoms with van der Waals surface area (Å²) in [6.07, 6.45) is 12.9. The quantitative estimate of drug-likeness (QED) is 0.754. The van der Waals surface area contributed by atoms with Crippen LogP contribution in [0.25, 0.3) is 0 Å². The van der Waals surface area contributed by atoms with Gasteiger partial charge in [0.1, 0.15) is 11.9 Å². The van der Waals surface area contributed by atoms with E-state index >= 15 is 0 Å². The van der Waals surface area contributed by atoms with Crippen molar-refractivity contribution >= 4 is 18.1 Å². The van der Waals surface area contributed by atoms with Crippen LogP contribution in [0.1, 0.15) is 91.5 Å². The summed E-state index contributed by atoms with van der Waals surface area (Å²) in [5.74, 6) is 1.18. The molecule has 0 amide bonds. The molecule has 2 aromatic rings. The van der Waals surface area contributed by atoms with E-state index in [2.05, 4.69) is 32.8 Å². The molecule has 2 N–H and O–H groups in total. The third-order valence-electron chi connectivity index (χ3n) is 6.56. The summed E-state index contributed by atoms with van der Waals surface area (Å²) >= 11 is 0. The van der Waals surface area contributed by atoms with Crippen LogP contribution in [0.15, 0.2) is 12.4 Å². The fourth-order valence-corrected chi connectivity index (χ4v) is 4.80. The lowest BCUT2D eigenvalue weighted by molar-refractivity contribution is -0.0179. The summed E-state index contributed by atoms with van der Waals surface area (Å²) in [5, 5.41) is 4.52. The highest BCUT2D eigenvalue weighted by atomic mass is 16.5. The molecular formula is C22H30N6O2. The number of hydrogen-bond donors (Lipinski definition) is 1.